The number of esters is 1. The van der Waals surface area contributed by atoms with Crippen LogP contribution in [0.15, 0.2) is 54.6 Å². The second kappa shape index (κ2) is 10.7. The number of ether oxygens (including phenoxy) is 3. The van der Waals surface area contributed by atoms with Gasteiger partial charge < -0.3 is 14.2 Å². The molecule has 2 aromatic carbocycles. The lowest BCUT2D eigenvalue weighted by atomic mass is 9.90. The second-order valence-electron chi connectivity index (χ2n) is 6.48. The third-order valence-corrected chi connectivity index (χ3v) is 4.69. The topological polar surface area (TPSA) is 61.8 Å². The van der Waals surface area contributed by atoms with Crippen molar-refractivity contribution in [3.63, 3.8) is 0 Å². The summed E-state index contributed by atoms with van der Waals surface area (Å²) in [6, 6.07) is 16.3. The minimum absolute atomic E-state index is 0.232. The van der Waals surface area contributed by atoms with E-state index < -0.39 is 24.3 Å². The van der Waals surface area contributed by atoms with E-state index in [1.54, 1.807) is 45.0 Å². The summed E-state index contributed by atoms with van der Waals surface area (Å²) in [4.78, 5) is 24.2. The lowest BCUT2D eigenvalue weighted by Gasteiger charge is -2.29. The molecule has 0 radical (unpaired) electrons. The van der Waals surface area contributed by atoms with Gasteiger partial charge in [0.2, 0.25) is 0 Å². The Morgan fingerprint density at radius 2 is 1.54 bits per heavy atom. The first-order valence-corrected chi connectivity index (χ1v) is 9.62. The molecule has 2 rings (SSSR count). The Morgan fingerprint density at radius 3 is 2.14 bits per heavy atom. The summed E-state index contributed by atoms with van der Waals surface area (Å²) < 4.78 is 15.9. The van der Waals surface area contributed by atoms with E-state index in [1.165, 1.54) is 0 Å². The molecule has 0 aromatic heterocycles. The standard InChI is InChI=1S/C22H25ClO5/c1-4-26-22(25)28-16(3)20(14-17-8-6-5-7-9-17)15(2)27-21(24)18-10-12-19(23)13-11-18/h5-13,15-16,20H,4,14H2,1-3H3. The number of benzene rings is 2. The maximum Gasteiger partial charge on any atom is 0.508 e. The Bertz CT molecular complexity index is 760. The Hall–Kier alpha value is -2.53. The van der Waals surface area contributed by atoms with Crippen LogP contribution in [-0.4, -0.2) is 30.9 Å². The molecule has 0 N–H and O–H groups in total. The van der Waals surface area contributed by atoms with Gasteiger partial charge in [-0.3, -0.25) is 0 Å². The summed E-state index contributed by atoms with van der Waals surface area (Å²) in [6.45, 7) is 5.52. The minimum atomic E-state index is -0.732. The molecule has 28 heavy (non-hydrogen) atoms. The van der Waals surface area contributed by atoms with Crippen LogP contribution < -0.4 is 0 Å². The number of rotatable bonds is 8. The zero-order valence-corrected chi connectivity index (χ0v) is 17.0. The van der Waals surface area contributed by atoms with Crippen molar-refractivity contribution in [3.05, 3.63) is 70.7 Å². The first kappa shape index (κ1) is 21.8. The lowest BCUT2D eigenvalue weighted by Crippen LogP contribution is -2.36. The highest BCUT2D eigenvalue weighted by Crippen LogP contribution is 2.23. The predicted octanol–water partition coefficient (Wildman–Crippen LogP) is 5.31. The average Bonchev–Trinajstić information content (AvgIpc) is 2.67. The molecule has 0 aliphatic rings. The van der Waals surface area contributed by atoms with E-state index in [0.717, 1.165) is 5.56 Å². The highest BCUT2D eigenvalue weighted by molar-refractivity contribution is 6.30. The molecule has 0 spiro atoms. The van der Waals surface area contributed by atoms with Crippen LogP contribution in [0.1, 0.15) is 36.7 Å². The maximum atomic E-state index is 12.5. The molecule has 0 fully saturated rings. The van der Waals surface area contributed by atoms with Crippen LogP contribution in [0.25, 0.3) is 0 Å². The van der Waals surface area contributed by atoms with Crippen LogP contribution in [0.4, 0.5) is 4.79 Å². The highest BCUT2D eigenvalue weighted by Gasteiger charge is 2.30. The molecule has 5 nitrogen and oxygen atoms in total. The van der Waals surface area contributed by atoms with E-state index in [4.69, 9.17) is 25.8 Å². The van der Waals surface area contributed by atoms with Gasteiger partial charge in [0.25, 0.3) is 0 Å². The number of halogens is 1. The van der Waals surface area contributed by atoms with Gasteiger partial charge >= 0.3 is 12.1 Å². The van der Waals surface area contributed by atoms with Crippen molar-refractivity contribution >= 4 is 23.7 Å². The molecule has 0 bridgehead atoms. The molecular formula is C22H25ClO5. The third kappa shape index (κ3) is 6.57. The van der Waals surface area contributed by atoms with Gasteiger partial charge in [-0.1, -0.05) is 41.9 Å². The molecule has 0 aliphatic heterocycles. The largest absolute Gasteiger partial charge is 0.508 e. The van der Waals surface area contributed by atoms with Crippen molar-refractivity contribution in [2.45, 2.75) is 39.4 Å². The molecule has 0 saturated heterocycles. The van der Waals surface area contributed by atoms with Crippen molar-refractivity contribution in [1.82, 2.24) is 0 Å². The quantitative estimate of drug-likeness (QED) is 0.558. The van der Waals surface area contributed by atoms with E-state index in [2.05, 4.69) is 0 Å². The van der Waals surface area contributed by atoms with Gasteiger partial charge in [-0.15, -0.1) is 0 Å². The number of carbonyl (C=O) groups excluding carboxylic acids is 2. The Labute approximate surface area is 170 Å². The number of hydrogen-bond donors (Lipinski definition) is 0. The fourth-order valence-corrected chi connectivity index (χ4v) is 3.03. The fourth-order valence-electron chi connectivity index (χ4n) is 2.90. The van der Waals surface area contributed by atoms with Crippen molar-refractivity contribution in [3.8, 4) is 0 Å². The summed E-state index contributed by atoms with van der Waals surface area (Å²) in [5.74, 6) is -0.700. The van der Waals surface area contributed by atoms with Gasteiger partial charge in [-0.2, -0.15) is 0 Å². The van der Waals surface area contributed by atoms with E-state index in [1.807, 2.05) is 30.3 Å². The van der Waals surface area contributed by atoms with E-state index in [9.17, 15) is 9.59 Å². The van der Waals surface area contributed by atoms with E-state index in [-0.39, 0.29) is 12.5 Å². The summed E-state index contributed by atoms with van der Waals surface area (Å²) in [6.07, 6.45) is -1.15. The molecule has 0 amide bonds. The van der Waals surface area contributed by atoms with Crippen LogP contribution >= 0.6 is 11.6 Å². The summed E-state index contributed by atoms with van der Waals surface area (Å²) in [7, 11) is 0. The zero-order valence-electron chi connectivity index (χ0n) is 16.3. The van der Waals surface area contributed by atoms with Gasteiger partial charge in [0, 0.05) is 10.9 Å². The van der Waals surface area contributed by atoms with Gasteiger partial charge in [0.05, 0.1) is 12.2 Å². The van der Waals surface area contributed by atoms with Gasteiger partial charge in [0.1, 0.15) is 12.2 Å². The van der Waals surface area contributed by atoms with Crippen molar-refractivity contribution in [2.75, 3.05) is 6.61 Å². The SMILES string of the molecule is CCOC(=O)OC(C)C(Cc1ccccc1)C(C)OC(=O)c1ccc(Cl)cc1. The summed E-state index contributed by atoms with van der Waals surface area (Å²) in [5, 5.41) is 0.544. The molecule has 3 unspecified atom stereocenters. The van der Waals surface area contributed by atoms with Crippen molar-refractivity contribution in [2.24, 2.45) is 5.92 Å². The average molecular weight is 405 g/mol. The molecule has 0 heterocycles. The molecule has 6 heteroatoms. The van der Waals surface area contributed by atoms with Crippen molar-refractivity contribution in [1.29, 1.82) is 0 Å². The lowest BCUT2D eigenvalue weighted by molar-refractivity contribution is -0.0304. The Kier molecular flexibility index (Phi) is 8.33. The minimum Gasteiger partial charge on any atom is -0.459 e. The smallest absolute Gasteiger partial charge is 0.459 e. The molecule has 3 atom stereocenters. The number of hydrogen-bond acceptors (Lipinski definition) is 5. The normalized spacial score (nSPS) is 13.9. The molecule has 0 aliphatic carbocycles. The molecule has 2 aromatic rings. The van der Waals surface area contributed by atoms with Crippen molar-refractivity contribution < 1.29 is 23.8 Å². The Morgan fingerprint density at radius 1 is 0.929 bits per heavy atom. The van der Waals surface area contributed by atoms with E-state index in [0.29, 0.717) is 17.0 Å². The van der Waals surface area contributed by atoms with Crippen LogP contribution in [-0.2, 0) is 20.6 Å². The first-order valence-electron chi connectivity index (χ1n) is 9.24. The van der Waals surface area contributed by atoms with Gasteiger partial charge in [0.15, 0.2) is 0 Å². The highest BCUT2D eigenvalue weighted by atomic mass is 35.5. The van der Waals surface area contributed by atoms with Gasteiger partial charge in [-0.25, -0.2) is 9.59 Å². The van der Waals surface area contributed by atoms with Gasteiger partial charge in [-0.05, 0) is 57.0 Å². The van der Waals surface area contributed by atoms with Crippen LogP contribution in [0.3, 0.4) is 0 Å². The first-order chi connectivity index (χ1) is 13.4. The number of carbonyl (C=O) groups is 2. The second-order valence-corrected chi connectivity index (χ2v) is 6.91. The zero-order chi connectivity index (χ0) is 20.5. The van der Waals surface area contributed by atoms with Crippen LogP contribution in [0.5, 0.6) is 0 Å². The third-order valence-electron chi connectivity index (χ3n) is 4.44. The summed E-state index contributed by atoms with van der Waals surface area (Å²) >= 11 is 5.87. The molecular weight excluding hydrogens is 380 g/mol. The monoisotopic (exact) mass is 404 g/mol. The van der Waals surface area contributed by atoms with Crippen LogP contribution in [0, 0.1) is 5.92 Å². The summed E-state index contributed by atoms with van der Waals surface area (Å²) in [5.41, 5.74) is 1.47. The maximum absolute atomic E-state index is 12.5. The molecule has 150 valence electrons. The molecule has 0 saturated carbocycles. The fraction of sp³-hybridized carbons (Fsp3) is 0.364. The Balaban J connectivity index is 2.12. The van der Waals surface area contributed by atoms with E-state index >= 15 is 0 Å². The predicted molar refractivity (Wildman–Crippen MR) is 108 cm³/mol. The van der Waals surface area contributed by atoms with Crippen LogP contribution in [0.2, 0.25) is 5.02 Å².